The molecule has 0 amide bonds. The minimum absolute atomic E-state index is 0.502. The number of benzene rings is 1. The number of hydrogen-bond donors (Lipinski definition) is 1. The van der Waals surface area contributed by atoms with Crippen molar-refractivity contribution < 1.29 is 0 Å². The summed E-state index contributed by atoms with van der Waals surface area (Å²) in [5, 5.41) is 8.47. The maximum atomic E-state index is 8.47. The largest absolute Gasteiger partial charge is 0.397 e. The molecule has 0 saturated carbocycles. The predicted molar refractivity (Wildman–Crippen MR) is 62.1 cm³/mol. The second-order valence-electron chi connectivity index (χ2n) is 3.03. The molecule has 0 atom stereocenters. The predicted octanol–water partition coefficient (Wildman–Crippen LogP) is 2.38. The van der Waals surface area contributed by atoms with Gasteiger partial charge in [-0.25, -0.2) is 0 Å². The summed E-state index contributed by atoms with van der Waals surface area (Å²) >= 11 is 3.39. The second kappa shape index (κ2) is 4.87. The molecular weight excluding hydrogens is 242 g/mol. The van der Waals surface area contributed by atoms with E-state index in [4.69, 9.17) is 11.0 Å². The van der Waals surface area contributed by atoms with Gasteiger partial charge in [-0.3, -0.25) is 0 Å². The van der Waals surface area contributed by atoms with Crippen molar-refractivity contribution in [1.29, 1.82) is 5.26 Å². The fourth-order valence-corrected chi connectivity index (χ4v) is 1.53. The van der Waals surface area contributed by atoms with Gasteiger partial charge in [0.05, 0.1) is 23.9 Å². The Balaban J connectivity index is 2.83. The van der Waals surface area contributed by atoms with Crippen LogP contribution in [-0.2, 0) is 0 Å². The van der Waals surface area contributed by atoms with Crippen LogP contribution < -0.4 is 10.6 Å². The number of nitrogen functional groups attached to an aromatic ring is 1. The van der Waals surface area contributed by atoms with Crippen LogP contribution in [0.2, 0.25) is 0 Å². The van der Waals surface area contributed by atoms with Gasteiger partial charge in [-0.05, 0) is 18.2 Å². The quantitative estimate of drug-likeness (QED) is 0.842. The van der Waals surface area contributed by atoms with E-state index in [0.717, 1.165) is 15.8 Å². The zero-order chi connectivity index (χ0) is 10.6. The molecule has 1 aromatic rings. The molecule has 2 N–H and O–H groups in total. The van der Waals surface area contributed by atoms with Gasteiger partial charge in [-0.15, -0.1) is 0 Å². The third-order valence-corrected chi connectivity index (χ3v) is 2.46. The Morgan fingerprint density at radius 1 is 1.57 bits per heavy atom. The van der Waals surface area contributed by atoms with Gasteiger partial charge in [0.25, 0.3) is 0 Å². The van der Waals surface area contributed by atoms with Crippen LogP contribution >= 0.6 is 15.9 Å². The standard InChI is InChI=1S/C10H12BrN3/c1-14(6-2-5-12)10-7-8(11)3-4-9(10)13/h3-4,7H,2,6,13H2,1H3. The molecule has 0 aliphatic rings. The average Bonchev–Trinajstić information content (AvgIpc) is 2.18. The zero-order valence-corrected chi connectivity index (χ0v) is 9.58. The maximum absolute atomic E-state index is 8.47. The van der Waals surface area contributed by atoms with Crippen molar-refractivity contribution in [2.24, 2.45) is 0 Å². The summed E-state index contributed by atoms with van der Waals surface area (Å²) in [6.45, 7) is 0.692. The number of anilines is 2. The minimum Gasteiger partial charge on any atom is -0.397 e. The highest BCUT2D eigenvalue weighted by Gasteiger charge is 2.04. The van der Waals surface area contributed by atoms with Gasteiger partial charge in [0.15, 0.2) is 0 Å². The second-order valence-corrected chi connectivity index (χ2v) is 3.95. The lowest BCUT2D eigenvalue weighted by molar-refractivity contribution is 0.906. The molecule has 14 heavy (non-hydrogen) atoms. The first-order valence-electron chi connectivity index (χ1n) is 4.28. The van der Waals surface area contributed by atoms with E-state index in [9.17, 15) is 0 Å². The van der Waals surface area contributed by atoms with Gasteiger partial charge in [-0.2, -0.15) is 5.26 Å². The smallest absolute Gasteiger partial charge is 0.0640 e. The number of halogens is 1. The third kappa shape index (κ3) is 2.64. The Morgan fingerprint density at radius 2 is 2.29 bits per heavy atom. The van der Waals surface area contributed by atoms with E-state index in [2.05, 4.69) is 22.0 Å². The van der Waals surface area contributed by atoms with Crippen LogP contribution in [0.5, 0.6) is 0 Å². The van der Waals surface area contributed by atoms with Gasteiger partial charge in [0.1, 0.15) is 0 Å². The average molecular weight is 254 g/mol. The van der Waals surface area contributed by atoms with E-state index in [1.807, 2.05) is 30.1 Å². The third-order valence-electron chi connectivity index (χ3n) is 1.96. The molecule has 0 unspecified atom stereocenters. The van der Waals surface area contributed by atoms with Crippen LogP contribution in [0.1, 0.15) is 6.42 Å². The van der Waals surface area contributed by atoms with Gasteiger partial charge in [0, 0.05) is 18.1 Å². The molecule has 1 rings (SSSR count). The molecule has 0 heterocycles. The Morgan fingerprint density at radius 3 is 2.93 bits per heavy atom. The first-order chi connectivity index (χ1) is 6.65. The fraction of sp³-hybridized carbons (Fsp3) is 0.300. The molecule has 0 saturated heterocycles. The van der Waals surface area contributed by atoms with E-state index in [1.54, 1.807) is 0 Å². The summed E-state index contributed by atoms with van der Waals surface area (Å²) in [4.78, 5) is 1.98. The maximum Gasteiger partial charge on any atom is 0.0640 e. The molecule has 0 aliphatic carbocycles. The highest BCUT2D eigenvalue weighted by molar-refractivity contribution is 9.10. The monoisotopic (exact) mass is 253 g/mol. The molecule has 1 aromatic carbocycles. The van der Waals surface area contributed by atoms with Crippen molar-refractivity contribution in [2.45, 2.75) is 6.42 Å². The van der Waals surface area contributed by atoms with Gasteiger partial charge in [-0.1, -0.05) is 15.9 Å². The van der Waals surface area contributed by atoms with Crippen molar-refractivity contribution >= 4 is 27.3 Å². The van der Waals surface area contributed by atoms with Crippen molar-refractivity contribution in [3.63, 3.8) is 0 Å². The SMILES string of the molecule is CN(CCC#N)c1cc(Br)ccc1N. The van der Waals surface area contributed by atoms with Crippen LogP contribution in [0.15, 0.2) is 22.7 Å². The molecular formula is C10H12BrN3. The highest BCUT2D eigenvalue weighted by atomic mass is 79.9. The van der Waals surface area contributed by atoms with E-state index in [1.165, 1.54) is 0 Å². The van der Waals surface area contributed by atoms with Crippen LogP contribution in [0.25, 0.3) is 0 Å². The first kappa shape index (κ1) is 10.9. The van der Waals surface area contributed by atoms with Crippen molar-refractivity contribution in [3.05, 3.63) is 22.7 Å². The van der Waals surface area contributed by atoms with E-state index in [0.29, 0.717) is 13.0 Å². The number of hydrogen-bond acceptors (Lipinski definition) is 3. The lowest BCUT2D eigenvalue weighted by atomic mass is 10.2. The summed E-state index contributed by atoms with van der Waals surface area (Å²) in [6.07, 6.45) is 0.502. The van der Waals surface area contributed by atoms with E-state index < -0.39 is 0 Å². The number of nitriles is 1. The number of rotatable bonds is 3. The summed E-state index contributed by atoms with van der Waals surface area (Å²) < 4.78 is 0.991. The summed E-state index contributed by atoms with van der Waals surface area (Å²) in [5.41, 5.74) is 7.50. The summed E-state index contributed by atoms with van der Waals surface area (Å²) in [5.74, 6) is 0. The van der Waals surface area contributed by atoms with Crippen LogP contribution in [-0.4, -0.2) is 13.6 Å². The molecule has 0 fully saturated rings. The molecule has 0 aromatic heterocycles. The minimum atomic E-state index is 0.502. The van der Waals surface area contributed by atoms with Crippen molar-refractivity contribution in [1.82, 2.24) is 0 Å². The Bertz CT molecular complexity index is 357. The van der Waals surface area contributed by atoms with E-state index in [-0.39, 0.29) is 0 Å². The lowest BCUT2D eigenvalue weighted by Gasteiger charge is -2.19. The van der Waals surface area contributed by atoms with Crippen LogP contribution in [0, 0.1) is 11.3 Å². The Labute approximate surface area is 92.3 Å². The first-order valence-corrected chi connectivity index (χ1v) is 5.07. The van der Waals surface area contributed by atoms with Gasteiger partial charge in [0.2, 0.25) is 0 Å². The molecule has 0 bridgehead atoms. The van der Waals surface area contributed by atoms with Gasteiger partial charge >= 0.3 is 0 Å². The lowest BCUT2D eigenvalue weighted by Crippen LogP contribution is -2.19. The fourth-order valence-electron chi connectivity index (χ4n) is 1.19. The molecule has 74 valence electrons. The highest BCUT2D eigenvalue weighted by Crippen LogP contribution is 2.26. The summed E-state index contributed by atoms with van der Waals surface area (Å²) in [7, 11) is 1.93. The van der Waals surface area contributed by atoms with Gasteiger partial charge < -0.3 is 10.6 Å². The zero-order valence-electron chi connectivity index (χ0n) is 8.00. The normalized spacial score (nSPS) is 9.50. The molecule has 0 spiro atoms. The molecule has 0 aliphatic heterocycles. The van der Waals surface area contributed by atoms with Crippen LogP contribution in [0.3, 0.4) is 0 Å². The Kier molecular flexibility index (Phi) is 3.78. The molecule has 3 nitrogen and oxygen atoms in total. The topological polar surface area (TPSA) is 53.0 Å². The number of nitrogens with two attached hydrogens (primary N) is 1. The molecule has 4 heteroatoms. The van der Waals surface area contributed by atoms with Crippen molar-refractivity contribution in [3.8, 4) is 6.07 Å². The summed E-state index contributed by atoms with van der Waals surface area (Å²) in [6, 6.07) is 7.81. The Hall–Kier alpha value is -1.21. The van der Waals surface area contributed by atoms with Crippen LogP contribution in [0.4, 0.5) is 11.4 Å². The molecule has 0 radical (unpaired) electrons. The number of nitrogens with zero attached hydrogens (tertiary/aromatic N) is 2. The van der Waals surface area contributed by atoms with E-state index >= 15 is 0 Å². The van der Waals surface area contributed by atoms with Crippen molar-refractivity contribution in [2.75, 3.05) is 24.2 Å².